The number of halogens is 1. The van der Waals surface area contributed by atoms with E-state index in [0.29, 0.717) is 38.0 Å². The van der Waals surface area contributed by atoms with Gasteiger partial charge in [0, 0.05) is 46.0 Å². The van der Waals surface area contributed by atoms with Gasteiger partial charge < -0.3 is 14.5 Å². The number of aromatic nitrogens is 2. The monoisotopic (exact) mass is 546 g/mol. The van der Waals surface area contributed by atoms with Gasteiger partial charge in [0.1, 0.15) is 5.82 Å². The van der Waals surface area contributed by atoms with Crippen molar-refractivity contribution in [3.8, 4) is 0 Å². The minimum Gasteiger partial charge on any atom is -0.374 e. The highest BCUT2D eigenvalue weighted by Gasteiger charge is 2.39. The number of piperidine rings is 1. The number of hydrogen-bond donors (Lipinski definition) is 1. The summed E-state index contributed by atoms with van der Waals surface area (Å²) < 4.78 is 51.0. The molecule has 208 valence electrons. The second-order valence-electron chi connectivity index (χ2n) is 11.1. The quantitative estimate of drug-likeness (QED) is 0.517. The first-order chi connectivity index (χ1) is 18.3. The van der Waals surface area contributed by atoms with Crippen LogP contribution in [0.4, 0.5) is 10.2 Å². The van der Waals surface area contributed by atoms with Crippen molar-refractivity contribution in [2.24, 2.45) is 5.92 Å². The van der Waals surface area contributed by atoms with Crippen LogP contribution >= 0.6 is 0 Å². The number of rotatable bonds is 9. The highest BCUT2D eigenvalue weighted by molar-refractivity contribution is 7.87. The SMILES string of the molecule is CN1CC(N(C)S(=O)(=O)N[C@H]2CCN(c3cccnn3)C[C@H]2OCC2CCC(c3cccc(F)c3)CC2)C1. The molecule has 3 fully saturated rings. The standard InChI is InChI=1S/C27H39FN6O3S/c1-32-16-24(17-32)33(2)38(35,36)31-25-12-14-34(27-7-4-13-29-30-27)18-26(25)37-19-20-8-10-21(11-9-20)22-5-3-6-23(28)15-22/h3-7,13,15,20-21,24-26,31H,8-12,14,16-19H2,1-2H3/t20?,21?,25-,26+/m0/s1. The molecule has 1 aromatic heterocycles. The Morgan fingerprint density at radius 2 is 1.89 bits per heavy atom. The lowest BCUT2D eigenvalue weighted by Crippen LogP contribution is -2.62. The molecule has 2 saturated heterocycles. The van der Waals surface area contributed by atoms with Crippen LogP contribution in [0.2, 0.25) is 0 Å². The number of ether oxygens (including phenoxy) is 1. The van der Waals surface area contributed by atoms with Gasteiger partial charge in [-0.2, -0.15) is 22.5 Å². The third-order valence-electron chi connectivity index (χ3n) is 8.39. The summed E-state index contributed by atoms with van der Waals surface area (Å²) in [6.45, 7) is 3.26. The average Bonchev–Trinajstić information content (AvgIpc) is 2.91. The van der Waals surface area contributed by atoms with Crippen molar-refractivity contribution in [3.63, 3.8) is 0 Å². The number of benzene rings is 1. The van der Waals surface area contributed by atoms with Gasteiger partial charge in [-0.25, -0.2) is 4.39 Å². The lowest BCUT2D eigenvalue weighted by Gasteiger charge is -2.43. The Balaban J connectivity index is 1.21. The molecule has 2 aromatic rings. The molecule has 3 heterocycles. The first-order valence-corrected chi connectivity index (χ1v) is 15.1. The molecule has 0 spiro atoms. The van der Waals surface area contributed by atoms with Gasteiger partial charge in [0.25, 0.3) is 10.2 Å². The summed E-state index contributed by atoms with van der Waals surface area (Å²) >= 11 is 0. The van der Waals surface area contributed by atoms with Crippen LogP contribution in [-0.2, 0) is 14.9 Å². The molecule has 2 aliphatic heterocycles. The van der Waals surface area contributed by atoms with Gasteiger partial charge in [-0.15, -0.1) is 5.10 Å². The van der Waals surface area contributed by atoms with Crippen LogP contribution in [0.25, 0.3) is 0 Å². The van der Waals surface area contributed by atoms with Crippen LogP contribution in [0, 0.1) is 11.7 Å². The highest BCUT2D eigenvalue weighted by atomic mass is 32.2. The second-order valence-corrected chi connectivity index (χ2v) is 12.8. The van der Waals surface area contributed by atoms with E-state index in [1.807, 2.05) is 25.2 Å². The van der Waals surface area contributed by atoms with E-state index in [-0.39, 0.29) is 24.0 Å². The van der Waals surface area contributed by atoms with Gasteiger partial charge in [-0.1, -0.05) is 12.1 Å². The van der Waals surface area contributed by atoms with Crippen LogP contribution in [0.5, 0.6) is 0 Å². The van der Waals surface area contributed by atoms with Crippen molar-refractivity contribution in [3.05, 3.63) is 54.0 Å². The van der Waals surface area contributed by atoms with E-state index in [4.69, 9.17) is 4.74 Å². The molecule has 9 nitrogen and oxygen atoms in total. The Morgan fingerprint density at radius 3 is 2.58 bits per heavy atom. The predicted octanol–water partition coefficient (Wildman–Crippen LogP) is 2.63. The summed E-state index contributed by atoms with van der Waals surface area (Å²) in [6.07, 6.45) is 5.98. The van der Waals surface area contributed by atoms with E-state index in [0.717, 1.165) is 50.2 Å². The lowest BCUT2D eigenvalue weighted by molar-refractivity contribution is -0.00187. The Kier molecular flexibility index (Phi) is 8.59. The van der Waals surface area contributed by atoms with E-state index in [1.54, 1.807) is 25.4 Å². The summed E-state index contributed by atoms with van der Waals surface area (Å²) in [5.74, 6) is 1.37. The maximum Gasteiger partial charge on any atom is 0.279 e. The predicted molar refractivity (Wildman–Crippen MR) is 145 cm³/mol. The first-order valence-electron chi connectivity index (χ1n) is 13.6. The molecule has 38 heavy (non-hydrogen) atoms. The molecule has 1 saturated carbocycles. The molecule has 5 rings (SSSR count). The normalized spacial score (nSPS) is 27.4. The van der Waals surface area contributed by atoms with Gasteiger partial charge in [-0.05, 0) is 80.8 Å². The van der Waals surface area contributed by atoms with Gasteiger partial charge in [0.05, 0.1) is 18.2 Å². The largest absolute Gasteiger partial charge is 0.374 e. The number of likely N-dealkylation sites (tertiary alicyclic amines) is 1. The molecular formula is C27H39FN6O3S. The fourth-order valence-electron chi connectivity index (χ4n) is 5.94. The minimum atomic E-state index is -3.64. The minimum absolute atomic E-state index is 0.00942. The Hall–Kier alpha value is -2.18. The molecule has 0 radical (unpaired) electrons. The Labute approximate surface area is 225 Å². The number of likely N-dealkylation sites (N-methyl/N-ethyl adjacent to an activating group) is 2. The zero-order chi connectivity index (χ0) is 26.7. The van der Waals surface area contributed by atoms with E-state index in [2.05, 4.69) is 24.7 Å². The molecule has 0 unspecified atom stereocenters. The van der Waals surface area contributed by atoms with Crippen molar-refractivity contribution < 1.29 is 17.5 Å². The van der Waals surface area contributed by atoms with Crippen molar-refractivity contribution >= 4 is 16.0 Å². The molecule has 1 aliphatic carbocycles. The topological polar surface area (TPSA) is 90.9 Å². The summed E-state index contributed by atoms with van der Waals surface area (Å²) in [5, 5.41) is 8.26. The number of nitrogens with one attached hydrogen (secondary N) is 1. The van der Waals surface area contributed by atoms with E-state index in [1.165, 1.54) is 10.4 Å². The summed E-state index contributed by atoms with van der Waals surface area (Å²) in [7, 11) is -0.00102. The zero-order valence-corrected chi connectivity index (χ0v) is 23.1. The first kappa shape index (κ1) is 27.4. The van der Waals surface area contributed by atoms with E-state index >= 15 is 0 Å². The van der Waals surface area contributed by atoms with Crippen molar-refractivity contribution in [1.29, 1.82) is 0 Å². The average molecular weight is 547 g/mol. The fourth-order valence-corrected chi connectivity index (χ4v) is 7.28. The number of hydrogen-bond acceptors (Lipinski definition) is 7. The summed E-state index contributed by atoms with van der Waals surface area (Å²) in [4.78, 5) is 4.22. The fraction of sp³-hybridized carbons (Fsp3) is 0.630. The van der Waals surface area contributed by atoms with Gasteiger partial charge >= 0.3 is 0 Å². The van der Waals surface area contributed by atoms with Crippen molar-refractivity contribution in [1.82, 2.24) is 24.1 Å². The molecule has 0 amide bonds. The molecular weight excluding hydrogens is 507 g/mol. The lowest BCUT2D eigenvalue weighted by atomic mass is 9.79. The van der Waals surface area contributed by atoms with Crippen LogP contribution in [0.1, 0.15) is 43.6 Å². The Morgan fingerprint density at radius 1 is 1.11 bits per heavy atom. The van der Waals surface area contributed by atoms with E-state index in [9.17, 15) is 12.8 Å². The second kappa shape index (κ2) is 11.9. The molecule has 3 aliphatic rings. The maximum atomic E-state index is 13.7. The van der Waals surface area contributed by atoms with Crippen molar-refractivity contribution in [2.75, 3.05) is 51.8 Å². The number of nitrogens with zero attached hydrogens (tertiary/aromatic N) is 5. The van der Waals surface area contributed by atoms with Crippen LogP contribution < -0.4 is 9.62 Å². The molecule has 1 aromatic carbocycles. The van der Waals surface area contributed by atoms with E-state index < -0.39 is 10.2 Å². The van der Waals surface area contributed by atoms with Crippen molar-refractivity contribution in [2.45, 2.75) is 56.2 Å². The van der Waals surface area contributed by atoms with Crippen LogP contribution in [0.3, 0.4) is 0 Å². The Bertz CT molecular complexity index is 1160. The summed E-state index contributed by atoms with van der Waals surface area (Å²) in [5.41, 5.74) is 1.08. The molecule has 11 heteroatoms. The number of anilines is 1. The van der Waals surface area contributed by atoms with Gasteiger partial charge in [-0.3, -0.25) is 0 Å². The maximum absolute atomic E-state index is 13.7. The van der Waals surface area contributed by atoms with Crippen LogP contribution in [-0.4, -0.2) is 92.9 Å². The van der Waals surface area contributed by atoms with Crippen LogP contribution in [0.15, 0.2) is 42.6 Å². The zero-order valence-electron chi connectivity index (χ0n) is 22.2. The smallest absolute Gasteiger partial charge is 0.279 e. The summed E-state index contributed by atoms with van der Waals surface area (Å²) in [6, 6.07) is 10.4. The molecule has 0 bridgehead atoms. The van der Waals surface area contributed by atoms with Gasteiger partial charge in [0.15, 0.2) is 5.82 Å². The molecule has 2 atom stereocenters. The van der Waals surface area contributed by atoms with Gasteiger partial charge in [0.2, 0.25) is 0 Å². The third kappa shape index (κ3) is 6.51. The molecule has 1 N–H and O–H groups in total. The highest BCUT2D eigenvalue weighted by Crippen LogP contribution is 2.36. The third-order valence-corrected chi connectivity index (χ3v) is 10.0.